The minimum atomic E-state index is -0.107. The first-order valence-electron chi connectivity index (χ1n) is 5.38. The number of carbonyl (C=O) groups excluding carboxylic acids is 1. The van der Waals surface area contributed by atoms with Crippen molar-refractivity contribution in [2.45, 2.75) is 40.2 Å². The van der Waals surface area contributed by atoms with Gasteiger partial charge in [0.1, 0.15) is 0 Å². The second-order valence-corrected chi connectivity index (χ2v) is 3.73. The van der Waals surface area contributed by atoms with Gasteiger partial charge in [0.25, 0.3) is 0 Å². The Kier molecular flexibility index (Phi) is 6.54. The van der Waals surface area contributed by atoms with E-state index in [-0.39, 0.29) is 11.9 Å². The van der Waals surface area contributed by atoms with Gasteiger partial charge < -0.3 is 9.64 Å². The van der Waals surface area contributed by atoms with Crippen LogP contribution in [-0.2, 0) is 9.53 Å². The van der Waals surface area contributed by atoms with Gasteiger partial charge in [-0.15, -0.1) is 0 Å². The lowest BCUT2D eigenvalue weighted by Crippen LogP contribution is -2.35. The summed E-state index contributed by atoms with van der Waals surface area (Å²) in [6, 6.07) is 0.444. The highest BCUT2D eigenvalue weighted by Gasteiger charge is 2.19. The number of rotatable bonds is 6. The summed E-state index contributed by atoms with van der Waals surface area (Å²) in [5, 5.41) is 0. The molecule has 0 saturated carbocycles. The molecular weight excluding hydrogens is 178 g/mol. The van der Waals surface area contributed by atoms with Gasteiger partial charge >= 0.3 is 5.97 Å². The van der Waals surface area contributed by atoms with Gasteiger partial charge in [-0.1, -0.05) is 20.8 Å². The Morgan fingerprint density at radius 2 is 1.79 bits per heavy atom. The highest BCUT2D eigenvalue weighted by atomic mass is 16.5. The van der Waals surface area contributed by atoms with E-state index in [0.29, 0.717) is 6.04 Å². The van der Waals surface area contributed by atoms with E-state index in [1.54, 1.807) is 0 Å². The summed E-state index contributed by atoms with van der Waals surface area (Å²) in [6.07, 6.45) is 0.869. The molecule has 0 rings (SSSR count). The Hall–Kier alpha value is -0.570. The molecule has 0 saturated heterocycles. The quantitative estimate of drug-likeness (QED) is 0.615. The second-order valence-electron chi connectivity index (χ2n) is 3.73. The van der Waals surface area contributed by atoms with Crippen molar-refractivity contribution < 1.29 is 9.53 Å². The van der Waals surface area contributed by atoms with Gasteiger partial charge in [0.2, 0.25) is 0 Å². The van der Waals surface area contributed by atoms with E-state index in [1.165, 1.54) is 7.11 Å². The molecule has 0 bridgehead atoms. The summed E-state index contributed by atoms with van der Waals surface area (Å²) in [6.45, 7) is 10.4. The summed E-state index contributed by atoms with van der Waals surface area (Å²) < 4.78 is 4.70. The Bertz CT molecular complexity index is 167. The maximum atomic E-state index is 11.2. The highest BCUT2D eigenvalue weighted by Crippen LogP contribution is 2.12. The molecule has 14 heavy (non-hydrogen) atoms. The lowest BCUT2D eigenvalue weighted by molar-refractivity contribution is -0.145. The van der Waals surface area contributed by atoms with E-state index in [9.17, 15) is 4.79 Å². The van der Waals surface area contributed by atoms with Crippen LogP contribution in [0.3, 0.4) is 0 Å². The summed E-state index contributed by atoms with van der Waals surface area (Å²) in [5.41, 5.74) is 0. The van der Waals surface area contributed by atoms with Crippen molar-refractivity contribution in [2.24, 2.45) is 5.92 Å². The van der Waals surface area contributed by atoms with Gasteiger partial charge in [0.15, 0.2) is 0 Å². The normalized spacial score (nSPS) is 15.3. The summed E-state index contributed by atoms with van der Waals surface area (Å²) in [7, 11) is 1.45. The Morgan fingerprint density at radius 3 is 2.14 bits per heavy atom. The number of esters is 1. The maximum Gasteiger partial charge on any atom is 0.308 e. The average molecular weight is 201 g/mol. The average Bonchev–Trinajstić information content (AvgIpc) is 2.18. The van der Waals surface area contributed by atoms with Crippen molar-refractivity contribution in [3.05, 3.63) is 0 Å². The molecule has 0 aliphatic heterocycles. The van der Waals surface area contributed by atoms with Gasteiger partial charge in [-0.25, -0.2) is 0 Å². The molecule has 0 aromatic rings. The molecule has 3 heteroatoms. The van der Waals surface area contributed by atoms with Crippen molar-refractivity contribution >= 4 is 5.97 Å². The zero-order valence-corrected chi connectivity index (χ0v) is 10.0. The molecule has 0 aliphatic carbocycles. The zero-order valence-electron chi connectivity index (χ0n) is 10.0. The molecule has 0 heterocycles. The number of ether oxygens (including phenoxy) is 1. The molecule has 0 aromatic heterocycles. The Balaban J connectivity index is 4.03. The van der Waals surface area contributed by atoms with Crippen LogP contribution in [0.25, 0.3) is 0 Å². The van der Waals surface area contributed by atoms with E-state index >= 15 is 0 Å². The second kappa shape index (κ2) is 6.82. The molecule has 0 fully saturated rings. The topological polar surface area (TPSA) is 29.5 Å². The largest absolute Gasteiger partial charge is 0.469 e. The number of methoxy groups -OCH3 is 1. The van der Waals surface area contributed by atoms with Crippen LogP contribution in [-0.4, -0.2) is 37.1 Å². The van der Waals surface area contributed by atoms with Gasteiger partial charge in [0.05, 0.1) is 13.0 Å². The smallest absolute Gasteiger partial charge is 0.308 e. The van der Waals surface area contributed by atoms with Crippen LogP contribution in [0.4, 0.5) is 0 Å². The fraction of sp³-hybridized carbons (Fsp3) is 0.909. The number of carbonyl (C=O) groups is 1. The zero-order chi connectivity index (χ0) is 11.1. The van der Waals surface area contributed by atoms with E-state index in [0.717, 1.165) is 19.5 Å². The van der Waals surface area contributed by atoms with Crippen molar-refractivity contribution in [3.8, 4) is 0 Å². The van der Waals surface area contributed by atoms with Crippen molar-refractivity contribution in [2.75, 3.05) is 20.2 Å². The van der Waals surface area contributed by atoms with Crippen molar-refractivity contribution in [1.82, 2.24) is 4.90 Å². The lowest BCUT2D eigenvalue weighted by atomic mass is 10.0. The van der Waals surface area contributed by atoms with E-state index in [1.807, 2.05) is 6.92 Å². The standard InChI is InChI=1S/C11H23NO2/c1-6-12(7-2)10(4)8-9(3)11(13)14-5/h9-10H,6-8H2,1-5H3. The molecule has 2 unspecified atom stereocenters. The van der Waals surface area contributed by atoms with Crippen LogP contribution < -0.4 is 0 Å². The third kappa shape index (κ3) is 4.09. The first kappa shape index (κ1) is 13.4. The van der Waals surface area contributed by atoms with Crippen LogP contribution in [0, 0.1) is 5.92 Å². The minimum Gasteiger partial charge on any atom is -0.469 e. The monoisotopic (exact) mass is 201 g/mol. The summed E-state index contributed by atoms with van der Waals surface area (Å²) in [5.74, 6) is -0.111. The Morgan fingerprint density at radius 1 is 1.29 bits per heavy atom. The van der Waals surface area contributed by atoms with E-state index < -0.39 is 0 Å². The van der Waals surface area contributed by atoms with Crippen LogP contribution >= 0.6 is 0 Å². The van der Waals surface area contributed by atoms with Gasteiger partial charge in [-0.2, -0.15) is 0 Å². The fourth-order valence-corrected chi connectivity index (χ4v) is 1.81. The Labute approximate surface area is 87.4 Å². The third-order valence-electron chi connectivity index (χ3n) is 2.73. The maximum absolute atomic E-state index is 11.2. The molecule has 0 aromatic carbocycles. The molecule has 3 nitrogen and oxygen atoms in total. The van der Waals surface area contributed by atoms with Gasteiger partial charge in [0, 0.05) is 6.04 Å². The van der Waals surface area contributed by atoms with E-state index in [4.69, 9.17) is 4.74 Å². The van der Waals surface area contributed by atoms with Crippen LogP contribution in [0.2, 0.25) is 0 Å². The SMILES string of the molecule is CCN(CC)C(C)CC(C)C(=O)OC. The third-order valence-corrected chi connectivity index (χ3v) is 2.73. The predicted octanol–water partition coefficient (Wildman–Crippen LogP) is 1.92. The summed E-state index contributed by atoms with van der Waals surface area (Å²) in [4.78, 5) is 13.6. The molecule has 0 amide bonds. The highest BCUT2D eigenvalue weighted by molar-refractivity contribution is 5.71. The molecule has 0 N–H and O–H groups in total. The van der Waals surface area contributed by atoms with Crippen LogP contribution in [0.5, 0.6) is 0 Å². The molecule has 0 radical (unpaired) electrons. The first-order valence-corrected chi connectivity index (χ1v) is 5.38. The molecule has 84 valence electrons. The van der Waals surface area contributed by atoms with Crippen molar-refractivity contribution in [3.63, 3.8) is 0 Å². The number of hydrogen-bond donors (Lipinski definition) is 0. The van der Waals surface area contributed by atoms with Gasteiger partial charge in [-0.05, 0) is 26.4 Å². The number of hydrogen-bond acceptors (Lipinski definition) is 3. The fourth-order valence-electron chi connectivity index (χ4n) is 1.81. The summed E-state index contributed by atoms with van der Waals surface area (Å²) >= 11 is 0. The van der Waals surface area contributed by atoms with Gasteiger partial charge in [-0.3, -0.25) is 4.79 Å². The number of nitrogens with zero attached hydrogens (tertiary/aromatic N) is 1. The first-order chi connectivity index (χ1) is 6.56. The minimum absolute atomic E-state index is 0.00407. The lowest BCUT2D eigenvalue weighted by Gasteiger charge is -2.27. The molecule has 0 spiro atoms. The molecular formula is C11H23NO2. The molecule has 2 atom stereocenters. The van der Waals surface area contributed by atoms with Crippen LogP contribution in [0.1, 0.15) is 34.1 Å². The van der Waals surface area contributed by atoms with Crippen molar-refractivity contribution in [1.29, 1.82) is 0 Å². The predicted molar refractivity (Wildman–Crippen MR) is 58.2 cm³/mol. The van der Waals surface area contributed by atoms with Crippen LogP contribution in [0.15, 0.2) is 0 Å². The van der Waals surface area contributed by atoms with E-state index in [2.05, 4.69) is 25.7 Å². The molecule has 0 aliphatic rings.